The standard InChI is InChI=1S/C16H22O3/c1-6-11-18-14-9-7-13(8-10-14)16(4,5)19-15(17)12(2)3/h7-10H,2,6,11H2,1,3-5H3. The smallest absolute Gasteiger partial charge is 0.333 e. The van der Waals surface area contributed by atoms with E-state index in [1.807, 2.05) is 38.1 Å². The van der Waals surface area contributed by atoms with Gasteiger partial charge in [0.25, 0.3) is 0 Å². The van der Waals surface area contributed by atoms with Crippen molar-refractivity contribution in [3.63, 3.8) is 0 Å². The van der Waals surface area contributed by atoms with Crippen molar-refractivity contribution in [1.29, 1.82) is 0 Å². The lowest BCUT2D eigenvalue weighted by atomic mass is 9.98. The Labute approximate surface area is 115 Å². The second-order valence-electron chi connectivity index (χ2n) is 5.05. The van der Waals surface area contributed by atoms with E-state index in [9.17, 15) is 4.79 Å². The summed E-state index contributed by atoms with van der Waals surface area (Å²) in [6, 6.07) is 7.61. The quantitative estimate of drug-likeness (QED) is 0.577. The number of carbonyl (C=O) groups excluding carboxylic acids is 1. The number of hydrogen-bond acceptors (Lipinski definition) is 3. The largest absolute Gasteiger partial charge is 0.494 e. The van der Waals surface area contributed by atoms with Crippen molar-refractivity contribution < 1.29 is 14.3 Å². The maximum absolute atomic E-state index is 11.6. The molecule has 0 fully saturated rings. The second kappa shape index (κ2) is 6.41. The summed E-state index contributed by atoms with van der Waals surface area (Å²) >= 11 is 0. The summed E-state index contributed by atoms with van der Waals surface area (Å²) in [4.78, 5) is 11.6. The molecule has 1 rings (SSSR count). The Bertz CT molecular complexity index is 444. The predicted octanol–water partition coefficient (Wildman–Crippen LogP) is 3.83. The molecule has 1 aromatic carbocycles. The molecule has 0 radical (unpaired) electrons. The van der Waals surface area contributed by atoms with E-state index >= 15 is 0 Å². The molecule has 0 amide bonds. The second-order valence-corrected chi connectivity index (χ2v) is 5.05. The van der Waals surface area contributed by atoms with Crippen molar-refractivity contribution in [1.82, 2.24) is 0 Å². The molecule has 0 heterocycles. The fourth-order valence-corrected chi connectivity index (χ4v) is 1.55. The van der Waals surface area contributed by atoms with E-state index in [0.29, 0.717) is 12.2 Å². The van der Waals surface area contributed by atoms with Crippen LogP contribution in [0.25, 0.3) is 0 Å². The lowest BCUT2D eigenvalue weighted by Crippen LogP contribution is -2.25. The molecule has 1 aromatic rings. The zero-order valence-corrected chi connectivity index (χ0v) is 12.2. The monoisotopic (exact) mass is 262 g/mol. The van der Waals surface area contributed by atoms with E-state index in [1.54, 1.807) is 6.92 Å². The molecule has 0 aromatic heterocycles. The van der Waals surface area contributed by atoms with E-state index < -0.39 is 5.60 Å². The van der Waals surface area contributed by atoms with Crippen LogP contribution in [0.1, 0.15) is 39.7 Å². The number of ether oxygens (including phenoxy) is 2. The highest BCUT2D eigenvalue weighted by molar-refractivity contribution is 5.87. The first kappa shape index (κ1) is 15.3. The van der Waals surface area contributed by atoms with Crippen LogP contribution < -0.4 is 4.74 Å². The number of rotatable bonds is 6. The molecule has 0 N–H and O–H groups in total. The summed E-state index contributed by atoms with van der Waals surface area (Å²) in [5, 5.41) is 0. The fourth-order valence-electron chi connectivity index (χ4n) is 1.55. The van der Waals surface area contributed by atoms with Gasteiger partial charge < -0.3 is 9.47 Å². The third-order valence-electron chi connectivity index (χ3n) is 2.72. The minimum absolute atomic E-state index is 0.378. The minimum Gasteiger partial charge on any atom is -0.494 e. The third kappa shape index (κ3) is 4.43. The van der Waals surface area contributed by atoms with Gasteiger partial charge in [0, 0.05) is 5.57 Å². The number of benzene rings is 1. The van der Waals surface area contributed by atoms with Crippen LogP contribution >= 0.6 is 0 Å². The average molecular weight is 262 g/mol. The first-order valence-electron chi connectivity index (χ1n) is 6.49. The summed E-state index contributed by atoms with van der Waals surface area (Å²) in [6.07, 6.45) is 0.976. The zero-order valence-electron chi connectivity index (χ0n) is 12.2. The van der Waals surface area contributed by atoms with E-state index in [0.717, 1.165) is 17.7 Å². The molecule has 0 saturated heterocycles. The van der Waals surface area contributed by atoms with E-state index in [4.69, 9.17) is 9.47 Å². The summed E-state index contributed by atoms with van der Waals surface area (Å²) in [5.41, 5.74) is 0.640. The molecule has 0 aliphatic heterocycles. The lowest BCUT2D eigenvalue weighted by molar-refractivity contribution is -0.152. The molecule has 0 saturated carbocycles. The third-order valence-corrected chi connectivity index (χ3v) is 2.72. The molecular weight excluding hydrogens is 240 g/mol. The Balaban J connectivity index is 2.78. The van der Waals surface area contributed by atoms with Gasteiger partial charge in [-0.2, -0.15) is 0 Å². The Hall–Kier alpha value is -1.77. The summed E-state index contributed by atoms with van der Waals surface area (Å²) in [5.74, 6) is 0.448. The van der Waals surface area contributed by atoms with Crippen LogP contribution in [0, 0.1) is 0 Å². The molecule has 0 aliphatic rings. The lowest BCUT2D eigenvalue weighted by Gasteiger charge is -2.26. The molecule has 3 heteroatoms. The van der Waals surface area contributed by atoms with Crippen LogP contribution in [0.15, 0.2) is 36.4 Å². The Morgan fingerprint density at radius 2 is 1.84 bits per heavy atom. The predicted molar refractivity (Wildman–Crippen MR) is 76.2 cm³/mol. The molecule has 0 atom stereocenters. The average Bonchev–Trinajstić information content (AvgIpc) is 2.36. The van der Waals surface area contributed by atoms with Crippen LogP contribution in [-0.2, 0) is 15.1 Å². The highest BCUT2D eigenvalue weighted by Gasteiger charge is 2.25. The van der Waals surface area contributed by atoms with Crippen LogP contribution in [0.5, 0.6) is 5.75 Å². The molecule has 104 valence electrons. The van der Waals surface area contributed by atoms with Crippen LogP contribution in [0.4, 0.5) is 0 Å². The van der Waals surface area contributed by atoms with Gasteiger partial charge in [-0.05, 0) is 44.9 Å². The molecule has 0 bridgehead atoms. The van der Waals surface area contributed by atoms with Crippen molar-refractivity contribution in [2.75, 3.05) is 6.61 Å². The zero-order chi connectivity index (χ0) is 14.5. The van der Waals surface area contributed by atoms with Crippen molar-refractivity contribution in [2.24, 2.45) is 0 Å². The summed E-state index contributed by atoms with van der Waals surface area (Å²) < 4.78 is 10.9. The molecule has 0 aliphatic carbocycles. The van der Waals surface area contributed by atoms with E-state index in [2.05, 4.69) is 13.5 Å². The van der Waals surface area contributed by atoms with Crippen molar-refractivity contribution >= 4 is 5.97 Å². The maximum atomic E-state index is 11.6. The van der Waals surface area contributed by atoms with Gasteiger partial charge in [-0.15, -0.1) is 0 Å². The van der Waals surface area contributed by atoms with Crippen LogP contribution in [0.2, 0.25) is 0 Å². The van der Waals surface area contributed by atoms with Crippen molar-refractivity contribution in [3.05, 3.63) is 42.0 Å². The van der Waals surface area contributed by atoms with Gasteiger partial charge in [-0.3, -0.25) is 0 Å². The fraction of sp³-hybridized carbons (Fsp3) is 0.438. The van der Waals surface area contributed by atoms with Gasteiger partial charge >= 0.3 is 5.97 Å². The highest BCUT2D eigenvalue weighted by atomic mass is 16.6. The van der Waals surface area contributed by atoms with Crippen LogP contribution in [0.3, 0.4) is 0 Å². The number of hydrogen-bond donors (Lipinski definition) is 0. The Morgan fingerprint density at radius 1 is 1.26 bits per heavy atom. The van der Waals surface area contributed by atoms with Gasteiger partial charge in [0.2, 0.25) is 0 Å². The first-order valence-corrected chi connectivity index (χ1v) is 6.49. The molecule has 0 unspecified atom stereocenters. The minimum atomic E-state index is -0.681. The van der Waals surface area contributed by atoms with Gasteiger partial charge in [0.05, 0.1) is 6.61 Å². The highest BCUT2D eigenvalue weighted by Crippen LogP contribution is 2.27. The summed E-state index contributed by atoms with van der Waals surface area (Å²) in [7, 11) is 0. The van der Waals surface area contributed by atoms with Gasteiger partial charge in [0.1, 0.15) is 11.4 Å². The van der Waals surface area contributed by atoms with Gasteiger partial charge in [-0.1, -0.05) is 25.6 Å². The van der Waals surface area contributed by atoms with Crippen molar-refractivity contribution in [2.45, 2.75) is 39.7 Å². The molecule has 19 heavy (non-hydrogen) atoms. The number of carbonyl (C=O) groups is 1. The molecule has 0 spiro atoms. The summed E-state index contributed by atoms with van der Waals surface area (Å²) in [6.45, 7) is 11.7. The first-order chi connectivity index (χ1) is 8.86. The number of esters is 1. The molecule has 3 nitrogen and oxygen atoms in total. The normalized spacial score (nSPS) is 10.9. The van der Waals surface area contributed by atoms with Gasteiger partial charge in [-0.25, -0.2) is 4.79 Å². The Kier molecular flexibility index (Phi) is 5.16. The van der Waals surface area contributed by atoms with Gasteiger partial charge in [0.15, 0.2) is 0 Å². The van der Waals surface area contributed by atoms with Crippen LogP contribution in [-0.4, -0.2) is 12.6 Å². The molecular formula is C16H22O3. The SMILES string of the molecule is C=C(C)C(=O)OC(C)(C)c1ccc(OCCC)cc1. The van der Waals surface area contributed by atoms with E-state index in [-0.39, 0.29) is 5.97 Å². The Morgan fingerprint density at radius 3 is 2.32 bits per heavy atom. The van der Waals surface area contributed by atoms with E-state index in [1.165, 1.54) is 0 Å². The van der Waals surface area contributed by atoms with Crippen molar-refractivity contribution in [3.8, 4) is 5.75 Å². The maximum Gasteiger partial charge on any atom is 0.333 e. The topological polar surface area (TPSA) is 35.5 Å².